The van der Waals surface area contributed by atoms with Crippen LogP contribution in [-0.4, -0.2) is 60.4 Å². The second-order valence-corrected chi connectivity index (χ2v) is 13.1. The molecule has 9 heteroatoms. The number of aliphatic hydroxyl groups is 3. The highest BCUT2D eigenvalue weighted by Gasteiger charge is 2.42. The minimum absolute atomic E-state index is 0.140. The molecule has 198 valence electrons. The summed E-state index contributed by atoms with van der Waals surface area (Å²) < 4.78 is 5.64. The third kappa shape index (κ3) is 8.31. The predicted octanol–water partition coefficient (Wildman–Crippen LogP) is 4.48. The maximum absolute atomic E-state index is 13.2. The molecule has 35 heavy (non-hydrogen) atoms. The minimum Gasteiger partial charge on any atom is -0.458 e. The van der Waals surface area contributed by atoms with Gasteiger partial charge in [0.15, 0.2) is 0 Å². The molecule has 7 atom stereocenters. The van der Waals surface area contributed by atoms with Crippen LogP contribution in [0.5, 0.6) is 0 Å². The monoisotopic (exact) mass is 621 g/mol. The van der Waals surface area contributed by atoms with E-state index in [2.05, 4.69) is 27.6 Å². The number of aromatic nitrogens is 1. The third-order valence-electron chi connectivity index (χ3n) is 7.15. The van der Waals surface area contributed by atoms with Gasteiger partial charge in [-0.2, -0.15) is 0 Å². The van der Waals surface area contributed by atoms with E-state index < -0.39 is 41.7 Å². The van der Waals surface area contributed by atoms with Crippen molar-refractivity contribution in [2.45, 2.75) is 102 Å². The van der Waals surface area contributed by atoms with Crippen LogP contribution in [0.3, 0.4) is 0 Å². The zero-order chi connectivity index (χ0) is 26.5. The van der Waals surface area contributed by atoms with Gasteiger partial charge in [-0.05, 0) is 44.3 Å². The first-order valence-electron chi connectivity index (χ1n) is 12.3. The van der Waals surface area contributed by atoms with Gasteiger partial charge in [0, 0.05) is 21.6 Å². The van der Waals surface area contributed by atoms with Crippen molar-refractivity contribution >= 4 is 51.8 Å². The number of hydrogen-bond donors (Lipinski definition) is 3. The highest BCUT2D eigenvalue weighted by atomic mass is 127. The van der Waals surface area contributed by atoms with Crippen LogP contribution in [0.25, 0.3) is 6.08 Å². The van der Waals surface area contributed by atoms with Crippen LogP contribution in [0, 0.1) is 24.2 Å². The summed E-state index contributed by atoms with van der Waals surface area (Å²) in [5.74, 6) is -1.74. The molecule has 2 heterocycles. The molecule has 0 radical (unpaired) electrons. The minimum atomic E-state index is -1.26. The fourth-order valence-electron chi connectivity index (χ4n) is 4.48. The van der Waals surface area contributed by atoms with Gasteiger partial charge in [-0.3, -0.25) is 9.59 Å². The predicted molar refractivity (Wildman–Crippen MR) is 146 cm³/mol. The van der Waals surface area contributed by atoms with Crippen molar-refractivity contribution in [3.63, 3.8) is 0 Å². The third-order valence-corrected chi connectivity index (χ3v) is 9.28. The average Bonchev–Trinajstić information content (AvgIpc) is 3.20. The maximum atomic E-state index is 13.2. The number of hydrogen-bond acceptors (Lipinski definition) is 8. The quantitative estimate of drug-likeness (QED) is 0.253. The number of alkyl halides is 1. The molecule has 0 amide bonds. The molecule has 1 aromatic rings. The first-order valence-corrected chi connectivity index (χ1v) is 14.4. The zero-order valence-electron chi connectivity index (χ0n) is 21.5. The largest absolute Gasteiger partial charge is 0.458 e. The molecule has 0 aliphatic carbocycles. The fraction of sp³-hybridized carbons (Fsp3) is 0.731. The van der Waals surface area contributed by atoms with Gasteiger partial charge in [-0.1, -0.05) is 56.7 Å². The van der Waals surface area contributed by atoms with Gasteiger partial charge in [0.25, 0.3) is 0 Å². The Morgan fingerprint density at radius 2 is 1.89 bits per heavy atom. The fourth-order valence-corrected chi connectivity index (χ4v) is 5.87. The van der Waals surface area contributed by atoms with E-state index >= 15 is 0 Å². The number of esters is 1. The summed E-state index contributed by atoms with van der Waals surface area (Å²) >= 11 is 3.73. The van der Waals surface area contributed by atoms with Crippen LogP contribution in [0.1, 0.15) is 77.4 Å². The number of aliphatic hydroxyl groups excluding tert-OH is 3. The van der Waals surface area contributed by atoms with E-state index in [1.165, 1.54) is 11.3 Å². The Balaban J connectivity index is 2.33. The van der Waals surface area contributed by atoms with E-state index in [0.29, 0.717) is 25.7 Å². The Kier molecular flexibility index (Phi) is 11.3. The molecule has 1 fully saturated rings. The van der Waals surface area contributed by atoms with E-state index in [4.69, 9.17) is 4.74 Å². The maximum Gasteiger partial charge on any atom is 0.309 e. The van der Waals surface area contributed by atoms with Crippen molar-refractivity contribution in [2.75, 3.05) is 0 Å². The molecule has 7 nitrogen and oxygen atoms in total. The number of halogens is 1. The number of carbonyl (C=O) groups excluding carboxylic acids is 2. The summed E-state index contributed by atoms with van der Waals surface area (Å²) in [5.41, 5.74) is 0.359. The topological polar surface area (TPSA) is 117 Å². The van der Waals surface area contributed by atoms with Crippen molar-refractivity contribution in [1.29, 1.82) is 0 Å². The van der Waals surface area contributed by atoms with Crippen LogP contribution in [-0.2, 0) is 14.3 Å². The van der Waals surface area contributed by atoms with Gasteiger partial charge in [-0.15, -0.1) is 11.3 Å². The highest BCUT2D eigenvalue weighted by Crippen LogP contribution is 2.33. The van der Waals surface area contributed by atoms with Crippen molar-refractivity contribution < 1.29 is 29.6 Å². The number of Topliss-reactive ketones (excluding diaryl/α,β-unsaturated/α-hetero) is 1. The van der Waals surface area contributed by atoms with E-state index in [9.17, 15) is 24.9 Å². The van der Waals surface area contributed by atoms with E-state index in [-0.39, 0.29) is 22.0 Å². The van der Waals surface area contributed by atoms with Crippen LogP contribution >= 0.6 is 33.9 Å². The highest BCUT2D eigenvalue weighted by molar-refractivity contribution is 14.1. The molecule has 1 aromatic heterocycles. The number of nitrogens with zero attached hydrogens (tertiary/aromatic N) is 1. The molecule has 1 saturated heterocycles. The molecule has 2 unspecified atom stereocenters. The first kappa shape index (κ1) is 30.3. The Morgan fingerprint density at radius 3 is 2.49 bits per heavy atom. The number of thiazole rings is 1. The molecular formula is C26H40INO6S. The van der Waals surface area contributed by atoms with Gasteiger partial charge in [-0.25, -0.2) is 4.98 Å². The molecule has 0 bridgehead atoms. The zero-order valence-corrected chi connectivity index (χ0v) is 24.5. The van der Waals surface area contributed by atoms with Crippen molar-refractivity contribution in [3.05, 3.63) is 21.7 Å². The van der Waals surface area contributed by atoms with Gasteiger partial charge in [0.1, 0.15) is 11.9 Å². The number of cyclic esters (lactones) is 1. The van der Waals surface area contributed by atoms with Crippen LogP contribution in [0.15, 0.2) is 11.0 Å². The number of carbonyl (C=O) groups is 2. The van der Waals surface area contributed by atoms with E-state index in [0.717, 1.165) is 16.3 Å². The number of ketones is 1. The Morgan fingerprint density at radius 1 is 1.23 bits per heavy atom. The van der Waals surface area contributed by atoms with Gasteiger partial charge in [0.2, 0.25) is 0 Å². The Hall–Kier alpha value is -0.880. The van der Waals surface area contributed by atoms with E-state index in [1.54, 1.807) is 20.8 Å². The number of aryl methyl sites for hydroxylation is 1. The average molecular weight is 622 g/mol. The second-order valence-electron chi connectivity index (χ2n) is 10.5. The summed E-state index contributed by atoms with van der Waals surface area (Å²) in [6.45, 7) is 10.6. The lowest BCUT2D eigenvalue weighted by molar-refractivity contribution is -0.154. The van der Waals surface area contributed by atoms with Crippen molar-refractivity contribution in [2.24, 2.45) is 17.3 Å². The van der Waals surface area contributed by atoms with Gasteiger partial charge >= 0.3 is 5.97 Å². The Labute approximate surface area is 226 Å². The van der Waals surface area contributed by atoms with E-state index in [1.807, 2.05) is 32.2 Å². The van der Waals surface area contributed by atoms with Crippen LogP contribution in [0.2, 0.25) is 0 Å². The first-order chi connectivity index (χ1) is 16.2. The molecule has 0 saturated carbocycles. The lowest BCUT2D eigenvalue weighted by Gasteiger charge is -2.35. The smallest absolute Gasteiger partial charge is 0.309 e. The molecule has 2 rings (SSSR count). The van der Waals surface area contributed by atoms with Crippen molar-refractivity contribution in [3.8, 4) is 0 Å². The Bertz CT molecular complexity index is 900. The molecule has 0 aromatic carbocycles. The lowest BCUT2D eigenvalue weighted by Crippen LogP contribution is -2.45. The van der Waals surface area contributed by atoms with Crippen molar-refractivity contribution in [1.82, 2.24) is 4.98 Å². The lowest BCUT2D eigenvalue weighted by atomic mass is 9.73. The molecule has 0 spiro atoms. The normalized spacial score (nSPS) is 34.5. The summed E-state index contributed by atoms with van der Waals surface area (Å²) in [6.07, 6.45) is 0.534. The summed E-state index contributed by atoms with van der Waals surface area (Å²) in [7, 11) is 0. The molecule has 1 aliphatic heterocycles. The summed E-state index contributed by atoms with van der Waals surface area (Å²) in [6, 6.07) is 0. The SMILES string of the molecule is C/C(=C\c1csc(C)n1)C1C[C@@H](I)[C@H](O)CCCC(C)[C@H](O)[C@@H](C)C(=O)C(C)(C)[C@@H](O)CC(=O)O1. The summed E-state index contributed by atoms with van der Waals surface area (Å²) in [4.78, 5) is 30.5. The second kappa shape index (κ2) is 13.1. The van der Waals surface area contributed by atoms with Crippen LogP contribution in [0.4, 0.5) is 0 Å². The molecule has 3 N–H and O–H groups in total. The van der Waals surface area contributed by atoms with Gasteiger partial charge in [0.05, 0.1) is 40.8 Å². The standard InChI is InChI=1S/C26H40INO6S/c1-14-8-7-9-20(29)19(27)11-21(15(2)10-18-13-35-17(4)28-18)34-23(31)12-22(30)26(5,6)25(33)16(3)24(14)32/h10,13-14,16,19-22,24,29-30,32H,7-9,11-12H2,1-6H3/b15-10+/t14?,16-,19-,20-,21?,22+,24+/m1/s1. The van der Waals surface area contributed by atoms with Gasteiger partial charge < -0.3 is 20.1 Å². The molecular weight excluding hydrogens is 581 g/mol. The molecule has 1 aliphatic rings. The number of ether oxygens (including phenoxy) is 1. The number of rotatable bonds is 2. The summed E-state index contributed by atoms with van der Waals surface area (Å²) in [5, 5.41) is 35.2. The van der Waals surface area contributed by atoms with Crippen LogP contribution < -0.4 is 0 Å².